The Labute approximate surface area is 160 Å². The van der Waals surface area contributed by atoms with Gasteiger partial charge >= 0.3 is 0 Å². The molecule has 0 atom stereocenters. The van der Waals surface area contributed by atoms with Gasteiger partial charge in [0.2, 0.25) is 5.91 Å². The molecule has 0 aromatic heterocycles. The molecule has 0 aliphatic carbocycles. The summed E-state index contributed by atoms with van der Waals surface area (Å²) in [6.07, 6.45) is 0.455. The van der Waals surface area contributed by atoms with Crippen LogP contribution in [0.4, 0.5) is 4.39 Å². The first-order valence-electron chi connectivity index (χ1n) is 8.92. The van der Waals surface area contributed by atoms with E-state index in [1.807, 2.05) is 11.8 Å². The van der Waals surface area contributed by atoms with Gasteiger partial charge in [0.25, 0.3) is 0 Å². The molecule has 1 N–H and O–H groups in total. The SMILES string of the molecule is CCN(CCCS(=O)(=O)c1ccccc1)CC(=O)NCc1ccc(F)cc1. The molecule has 2 aromatic carbocycles. The van der Waals surface area contributed by atoms with E-state index in [0.29, 0.717) is 31.0 Å². The number of benzene rings is 2. The molecule has 0 bridgehead atoms. The Morgan fingerprint density at radius 3 is 2.37 bits per heavy atom. The van der Waals surface area contributed by atoms with E-state index >= 15 is 0 Å². The van der Waals surface area contributed by atoms with Crippen molar-refractivity contribution in [1.29, 1.82) is 0 Å². The van der Waals surface area contributed by atoms with E-state index in [9.17, 15) is 17.6 Å². The van der Waals surface area contributed by atoms with Gasteiger partial charge in [-0.1, -0.05) is 37.3 Å². The Hall–Kier alpha value is -2.25. The number of nitrogens with zero attached hydrogens (tertiary/aromatic N) is 1. The molecule has 0 unspecified atom stereocenters. The van der Waals surface area contributed by atoms with Crippen molar-refractivity contribution >= 4 is 15.7 Å². The van der Waals surface area contributed by atoms with Gasteiger partial charge in [-0.05, 0) is 49.3 Å². The van der Waals surface area contributed by atoms with Crippen LogP contribution < -0.4 is 5.32 Å². The first-order chi connectivity index (χ1) is 12.9. The highest BCUT2D eigenvalue weighted by molar-refractivity contribution is 7.91. The summed E-state index contributed by atoms with van der Waals surface area (Å²) in [4.78, 5) is 14.3. The monoisotopic (exact) mass is 392 g/mol. The van der Waals surface area contributed by atoms with Crippen LogP contribution in [0.2, 0.25) is 0 Å². The van der Waals surface area contributed by atoms with Crippen molar-refractivity contribution in [3.05, 3.63) is 66.0 Å². The van der Waals surface area contributed by atoms with Gasteiger partial charge in [-0.2, -0.15) is 0 Å². The lowest BCUT2D eigenvalue weighted by molar-refractivity contribution is -0.122. The van der Waals surface area contributed by atoms with Crippen LogP contribution in [0.25, 0.3) is 0 Å². The van der Waals surface area contributed by atoms with E-state index in [1.165, 1.54) is 12.1 Å². The number of nitrogens with one attached hydrogen (secondary N) is 1. The highest BCUT2D eigenvalue weighted by Crippen LogP contribution is 2.11. The lowest BCUT2D eigenvalue weighted by Gasteiger charge is -2.19. The minimum Gasteiger partial charge on any atom is -0.351 e. The minimum absolute atomic E-state index is 0.0463. The van der Waals surface area contributed by atoms with Crippen LogP contribution in [0.5, 0.6) is 0 Å². The number of hydrogen-bond acceptors (Lipinski definition) is 4. The van der Waals surface area contributed by atoms with E-state index < -0.39 is 9.84 Å². The third-order valence-corrected chi connectivity index (χ3v) is 6.02. The molecule has 7 heteroatoms. The van der Waals surface area contributed by atoms with Gasteiger partial charge in [-0.3, -0.25) is 9.69 Å². The average molecular weight is 392 g/mol. The smallest absolute Gasteiger partial charge is 0.234 e. The predicted molar refractivity (Wildman–Crippen MR) is 103 cm³/mol. The molecule has 0 saturated carbocycles. The van der Waals surface area contributed by atoms with Crippen LogP contribution in [-0.2, 0) is 21.2 Å². The summed E-state index contributed by atoms with van der Waals surface area (Å²) in [5.74, 6) is -0.412. The van der Waals surface area contributed by atoms with Crippen LogP contribution in [-0.4, -0.2) is 44.6 Å². The van der Waals surface area contributed by atoms with E-state index in [4.69, 9.17) is 0 Å². The van der Waals surface area contributed by atoms with E-state index in [1.54, 1.807) is 42.5 Å². The van der Waals surface area contributed by atoms with Crippen molar-refractivity contribution in [3.63, 3.8) is 0 Å². The van der Waals surface area contributed by atoms with Gasteiger partial charge in [0.05, 0.1) is 17.2 Å². The highest BCUT2D eigenvalue weighted by atomic mass is 32.2. The summed E-state index contributed by atoms with van der Waals surface area (Å²) < 4.78 is 37.4. The maximum Gasteiger partial charge on any atom is 0.234 e. The maximum absolute atomic E-state index is 12.9. The van der Waals surface area contributed by atoms with Gasteiger partial charge in [-0.15, -0.1) is 0 Å². The Morgan fingerprint density at radius 2 is 1.74 bits per heavy atom. The second-order valence-electron chi connectivity index (χ2n) is 6.26. The zero-order valence-corrected chi connectivity index (χ0v) is 16.2. The molecule has 0 aliphatic heterocycles. The number of halogens is 1. The molecule has 0 aliphatic rings. The van der Waals surface area contributed by atoms with Crippen molar-refractivity contribution in [2.45, 2.75) is 24.8 Å². The van der Waals surface area contributed by atoms with Gasteiger partial charge in [0.1, 0.15) is 5.82 Å². The topological polar surface area (TPSA) is 66.5 Å². The number of carbonyl (C=O) groups is 1. The summed E-state index contributed by atoms with van der Waals surface area (Å²) in [5.41, 5.74) is 0.821. The molecule has 146 valence electrons. The number of hydrogen-bond donors (Lipinski definition) is 1. The molecule has 0 fully saturated rings. The van der Waals surface area contributed by atoms with Crippen molar-refractivity contribution in [1.82, 2.24) is 10.2 Å². The van der Waals surface area contributed by atoms with Gasteiger partial charge < -0.3 is 5.32 Å². The third-order valence-electron chi connectivity index (χ3n) is 4.21. The van der Waals surface area contributed by atoms with Crippen molar-refractivity contribution in [2.24, 2.45) is 0 Å². The predicted octanol–water partition coefficient (Wildman–Crippen LogP) is 2.63. The van der Waals surface area contributed by atoms with E-state index in [2.05, 4.69) is 5.32 Å². The number of amides is 1. The number of likely N-dealkylation sites (N-methyl/N-ethyl adjacent to an activating group) is 1. The van der Waals surface area contributed by atoms with Crippen molar-refractivity contribution < 1.29 is 17.6 Å². The number of sulfone groups is 1. The summed E-state index contributed by atoms with van der Waals surface area (Å²) in [5, 5.41) is 2.79. The van der Waals surface area contributed by atoms with E-state index in [0.717, 1.165) is 5.56 Å². The van der Waals surface area contributed by atoms with Crippen molar-refractivity contribution in [3.8, 4) is 0 Å². The second-order valence-corrected chi connectivity index (χ2v) is 8.37. The molecule has 2 aromatic rings. The largest absolute Gasteiger partial charge is 0.351 e. The van der Waals surface area contributed by atoms with Crippen LogP contribution in [0.15, 0.2) is 59.5 Å². The van der Waals surface area contributed by atoms with Gasteiger partial charge in [-0.25, -0.2) is 12.8 Å². The lowest BCUT2D eigenvalue weighted by atomic mass is 10.2. The molecule has 5 nitrogen and oxygen atoms in total. The molecule has 0 radical (unpaired) electrons. The molecule has 0 spiro atoms. The molecule has 0 heterocycles. The lowest BCUT2D eigenvalue weighted by Crippen LogP contribution is -2.37. The Balaban J connectivity index is 1.76. The summed E-state index contributed by atoms with van der Waals surface area (Å²) >= 11 is 0. The summed E-state index contributed by atoms with van der Waals surface area (Å²) in [7, 11) is -3.30. The van der Waals surface area contributed by atoms with Crippen LogP contribution in [0.3, 0.4) is 0 Å². The van der Waals surface area contributed by atoms with Crippen molar-refractivity contribution in [2.75, 3.05) is 25.4 Å². The van der Waals surface area contributed by atoms with Gasteiger partial charge in [0, 0.05) is 6.54 Å². The Kier molecular flexibility index (Phi) is 7.94. The highest BCUT2D eigenvalue weighted by Gasteiger charge is 2.15. The summed E-state index contributed by atoms with van der Waals surface area (Å²) in [6, 6.07) is 14.3. The first-order valence-corrected chi connectivity index (χ1v) is 10.6. The van der Waals surface area contributed by atoms with Gasteiger partial charge in [0.15, 0.2) is 9.84 Å². The minimum atomic E-state index is -3.30. The fourth-order valence-electron chi connectivity index (χ4n) is 2.63. The number of rotatable bonds is 10. The first kappa shape index (κ1) is 21.1. The van der Waals surface area contributed by atoms with Crippen LogP contribution in [0.1, 0.15) is 18.9 Å². The second kappa shape index (κ2) is 10.2. The fourth-order valence-corrected chi connectivity index (χ4v) is 3.95. The standard InChI is InChI=1S/C20H25FN2O3S/c1-2-23(13-6-14-27(25,26)19-7-4-3-5-8-19)16-20(24)22-15-17-9-11-18(21)12-10-17/h3-5,7-12H,2,6,13-16H2,1H3,(H,22,24). The summed E-state index contributed by atoms with van der Waals surface area (Å²) in [6.45, 7) is 3.63. The fraction of sp³-hybridized carbons (Fsp3) is 0.350. The molecule has 2 rings (SSSR count). The molecule has 27 heavy (non-hydrogen) atoms. The maximum atomic E-state index is 12.9. The number of carbonyl (C=O) groups excluding carboxylic acids is 1. The van der Waals surface area contributed by atoms with Crippen LogP contribution >= 0.6 is 0 Å². The molecule has 1 amide bonds. The zero-order valence-electron chi connectivity index (χ0n) is 15.4. The molecular weight excluding hydrogens is 367 g/mol. The normalized spacial score (nSPS) is 11.5. The average Bonchev–Trinajstić information content (AvgIpc) is 2.67. The Bertz CT molecular complexity index is 824. The van der Waals surface area contributed by atoms with Crippen LogP contribution in [0, 0.1) is 5.82 Å². The molecule has 0 saturated heterocycles. The third kappa shape index (κ3) is 7.11. The molecular formula is C20H25FN2O3S. The zero-order chi connectivity index (χ0) is 19.7. The Morgan fingerprint density at radius 1 is 1.07 bits per heavy atom. The quantitative estimate of drug-likeness (QED) is 0.675. The van der Waals surface area contributed by atoms with E-state index in [-0.39, 0.29) is 24.0 Å².